The monoisotopic (exact) mass is 650 g/mol. The molecule has 0 saturated heterocycles. The van der Waals surface area contributed by atoms with Gasteiger partial charge in [0.25, 0.3) is 11.5 Å². The molecule has 0 fully saturated rings. The standard InChI is InChI=1S/C30H34N8O5S2/c1-3-11-37-27-25(28(41)38(12-4-2)30(37)42)35-26(36-27)20-5-7-23(8-6-20)43-17-24(40)31-9-10-32-29(45)34-22-14-19(16-39)13-21(15-22)33-18-44/h5-8,13-15,39H,3-4,9-12,16-17H2,1-2H3,(H,31,40)(H,35,36)(H2,32,34,45). The fraction of sp³-hybridized carbons (Fsp3) is 0.333. The molecule has 0 spiro atoms. The van der Waals surface area contributed by atoms with Crippen molar-refractivity contribution in [2.24, 2.45) is 4.99 Å². The van der Waals surface area contributed by atoms with E-state index in [1.54, 1.807) is 42.5 Å². The molecule has 13 nitrogen and oxygen atoms in total. The van der Waals surface area contributed by atoms with E-state index in [2.05, 4.69) is 48.3 Å². The van der Waals surface area contributed by atoms with Gasteiger partial charge in [0.15, 0.2) is 17.4 Å². The second-order valence-corrected chi connectivity index (χ2v) is 10.6. The third-order valence-corrected chi connectivity index (χ3v) is 6.92. The normalized spacial score (nSPS) is 10.7. The van der Waals surface area contributed by atoms with Crippen molar-refractivity contribution >= 4 is 63.2 Å². The van der Waals surface area contributed by atoms with Crippen LogP contribution in [0, 0.1) is 0 Å². The Morgan fingerprint density at radius 3 is 2.47 bits per heavy atom. The number of anilines is 1. The maximum atomic E-state index is 13.0. The summed E-state index contributed by atoms with van der Waals surface area (Å²) in [5.41, 5.74) is 2.37. The number of aliphatic hydroxyl groups is 1. The van der Waals surface area contributed by atoms with Gasteiger partial charge in [-0.05, 0) is 85.3 Å². The lowest BCUT2D eigenvalue weighted by Crippen LogP contribution is -2.40. The van der Waals surface area contributed by atoms with Crippen molar-refractivity contribution in [1.29, 1.82) is 0 Å². The maximum absolute atomic E-state index is 13.0. The van der Waals surface area contributed by atoms with Crippen LogP contribution in [-0.2, 0) is 24.5 Å². The fourth-order valence-corrected chi connectivity index (χ4v) is 4.89. The second kappa shape index (κ2) is 15.9. The number of thiocarbonyl (C=S) groups is 2. The molecule has 0 aliphatic carbocycles. The molecule has 2 heterocycles. The Morgan fingerprint density at radius 2 is 1.78 bits per heavy atom. The summed E-state index contributed by atoms with van der Waals surface area (Å²) in [4.78, 5) is 49.8. The summed E-state index contributed by atoms with van der Waals surface area (Å²) in [6.07, 6.45) is 1.38. The third kappa shape index (κ3) is 8.48. The average molecular weight is 651 g/mol. The van der Waals surface area contributed by atoms with Crippen molar-refractivity contribution in [1.82, 2.24) is 29.7 Å². The number of carbonyl (C=O) groups is 1. The number of rotatable bonds is 14. The molecule has 1 amide bonds. The van der Waals surface area contributed by atoms with Crippen LogP contribution in [-0.4, -0.2) is 60.1 Å². The van der Waals surface area contributed by atoms with E-state index in [-0.39, 0.29) is 35.9 Å². The smallest absolute Gasteiger partial charge is 0.332 e. The number of aromatic amines is 1. The van der Waals surface area contributed by atoms with E-state index < -0.39 is 0 Å². The lowest BCUT2D eigenvalue weighted by molar-refractivity contribution is -0.123. The van der Waals surface area contributed by atoms with Crippen LogP contribution in [0.3, 0.4) is 0 Å². The van der Waals surface area contributed by atoms with E-state index in [9.17, 15) is 19.5 Å². The highest BCUT2D eigenvalue weighted by atomic mass is 32.1. The first-order valence-corrected chi connectivity index (χ1v) is 15.2. The minimum absolute atomic E-state index is 0.166. The number of aromatic nitrogens is 4. The van der Waals surface area contributed by atoms with Gasteiger partial charge in [-0.1, -0.05) is 13.8 Å². The summed E-state index contributed by atoms with van der Waals surface area (Å²) in [5, 5.41) is 20.8. The van der Waals surface area contributed by atoms with Gasteiger partial charge in [-0.15, -0.1) is 0 Å². The number of fused-ring (bicyclic) bond motifs is 1. The summed E-state index contributed by atoms with van der Waals surface area (Å²) in [5.74, 6) is 0.617. The van der Waals surface area contributed by atoms with Crippen LogP contribution < -0.4 is 31.9 Å². The van der Waals surface area contributed by atoms with Crippen LogP contribution in [0.5, 0.6) is 5.75 Å². The highest BCUT2D eigenvalue weighted by Gasteiger charge is 2.17. The van der Waals surface area contributed by atoms with Gasteiger partial charge in [-0.25, -0.2) is 9.78 Å². The van der Waals surface area contributed by atoms with Crippen LogP contribution in [0.25, 0.3) is 22.6 Å². The molecule has 5 N–H and O–H groups in total. The number of nitrogens with one attached hydrogen (secondary N) is 4. The SMILES string of the molecule is CCCn1c(=O)c2[nH]c(-c3ccc(OCC(=O)NCCNC(=S)Nc4cc(CO)cc(N=C=S)c4)cc3)nc2n(CCC)c1=O. The molecule has 4 rings (SSSR count). The summed E-state index contributed by atoms with van der Waals surface area (Å²) in [7, 11) is 0. The quantitative estimate of drug-likeness (QED) is 0.0777. The summed E-state index contributed by atoms with van der Waals surface area (Å²) < 4.78 is 8.40. The predicted molar refractivity (Wildman–Crippen MR) is 180 cm³/mol. The van der Waals surface area contributed by atoms with E-state index in [0.717, 1.165) is 6.42 Å². The van der Waals surface area contributed by atoms with Crippen molar-refractivity contribution in [2.75, 3.05) is 25.0 Å². The molecule has 0 radical (unpaired) electrons. The predicted octanol–water partition coefficient (Wildman–Crippen LogP) is 3.08. The van der Waals surface area contributed by atoms with E-state index in [1.807, 2.05) is 13.8 Å². The maximum Gasteiger partial charge on any atom is 0.332 e. The van der Waals surface area contributed by atoms with Gasteiger partial charge in [-0.3, -0.25) is 18.7 Å². The Hall–Kier alpha value is -4.69. The van der Waals surface area contributed by atoms with Gasteiger partial charge in [-0.2, -0.15) is 4.99 Å². The molecule has 2 aromatic carbocycles. The number of aliphatic hydroxyl groups excluding tert-OH is 1. The lowest BCUT2D eigenvalue weighted by Gasteiger charge is -2.12. The van der Waals surface area contributed by atoms with Gasteiger partial charge in [0.1, 0.15) is 17.1 Å². The molecule has 0 atom stereocenters. The first-order chi connectivity index (χ1) is 21.8. The van der Waals surface area contributed by atoms with E-state index in [0.29, 0.717) is 77.4 Å². The lowest BCUT2D eigenvalue weighted by atomic mass is 10.2. The number of H-pyrrole nitrogens is 1. The highest BCUT2D eigenvalue weighted by Crippen LogP contribution is 2.23. The third-order valence-electron chi connectivity index (χ3n) is 6.58. The van der Waals surface area contributed by atoms with Crippen LogP contribution in [0.1, 0.15) is 32.3 Å². The Morgan fingerprint density at radius 1 is 1.07 bits per heavy atom. The minimum Gasteiger partial charge on any atom is -0.484 e. The highest BCUT2D eigenvalue weighted by molar-refractivity contribution is 7.80. The Bertz CT molecular complexity index is 1840. The zero-order valence-corrected chi connectivity index (χ0v) is 26.5. The molecule has 0 saturated carbocycles. The Labute approximate surface area is 269 Å². The molecule has 236 valence electrons. The number of imidazole rings is 1. The Balaban J connectivity index is 1.28. The van der Waals surface area contributed by atoms with Gasteiger partial charge in [0.05, 0.1) is 17.5 Å². The number of hydrogen-bond donors (Lipinski definition) is 5. The fourth-order valence-electron chi connectivity index (χ4n) is 4.57. The number of aliphatic imine (C=N–C) groups is 1. The molecule has 45 heavy (non-hydrogen) atoms. The first kappa shape index (κ1) is 33.2. The average Bonchev–Trinajstić information content (AvgIpc) is 3.48. The van der Waals surface area contributed by atoms with E-state index in [1.165, 1.54) is 9.13 Å². The van der Waals surface area contributed by atoms with Crippen LogP contribution >= 0.6 is 24.4 Å². The van der Waals surface area contributed by atoms with Gasteiger partial charge in [0, 0.05) is 37.4 Å². The molecule has 4 aromatic rings. The first-order valence-electron chi connectivity index (χ1n) is 14.4. The van der Waals surface area contributed by atoms with Crippen molar-refractivity contribution < 1.29 is 14.6 Å². The van der Waals surface area contributed by atoms with Gasteiger partial charge >= 0.3 is 5.69 Å². The van der Waals surface area contributed by atoms with Gasteiger partial charge in [0.2, 0.25) is 0 Å². The second-order valence-electron chi connectivity index (χ2n) is 9.97. The minimum atomic E-state index is -0.387. The summed E-state index contributed by atoms with van der Waals surface area (Å²) >= 11 is 9.94. The molecule has 2 aromatic heterocycles. The number of benzene rings is 2. The number of aryl methyl sites for hydroxylation is 1. The number of isothiocyanates is 1. The number of amides is 1. The van der Waals surface area contributed by atoms with Crippen LogP contribution in [0.2, 0.25) is 0 Å². The Kier molecular flexibility index (Phi) is 11.7. The van der Waals surface area contributed by atoms with Crippen molar-refractivity contribution in [3.05, 3.63) is 68.9 Å². The number of nitrogens with zero attached hydrogens (tertiary/aromatic N) is 4. The van der Waals surface area contributed by atoms with Crippen LogP contribution in [0.15, 0.2) is 57.0 Å². The molecule has 0 aliphatic rings. The summed E-state index contributed by atoms with van der Waals surface area (Å²) in [6.45, 7) is 4.96. The molecule has 0 bridgehead atoms. The number of carbonyl (C=O) groups excluding carboxylic acids is 1. The van der Waals surface area contributed by atoms with Crippen LogP contribution in [0.4, 0.5) is 11.4 Å². The topological polar surface area (TPSA) is 168 Å². The zero-order chi connectivity index (χ0) is 32.3. The molecule has 0 unspecified atom stereocenters. The molecular formula is C30H34N8O5S2. The number of hydrogen-bond acceptors (Lipinski definition) is 9. The van der Waals surface area contributed by atoms with Crippen molar-refractivity contribution in [3.8, 4) is 17.1 Å². The molecule has 0 aliphatic heterocycles. The van der Waals surface area contributed by atoms with Crippen molar-refractivity contribution in [3.63, 3.8) is 0 Å². The summed E-state index contributed by atoms with van der Waals surface area (Å²) in [6, 6.07) is 12.1. The number of ether oxygens (including phenoxy) is 1. The zero-order valence-electron chi connectivity index (χ0n) is 24.9. The van der Waals surface area contributed by atoms with Gasteiger partial charge < -0.3 is 30.8 Å². The van der Waals surface area contributed by atoms with Crippen molar-refractivity contribution in [2.45, 2.75) is 46.4 Å². The molecular weight excluding hydrogens is 617 g/mol. The largest absolute Gasteiger partial charge is 0.484 e. The van der Waals surface area contributed by atoms with E-state index >= 15 is 0 Å². The van der Waals surface area contributed by atoms with E-state index in [4.69, 9.17) is 17.0 Å². The molecule has 15 heteroatoms.